The highest BCUT2D eigenvalue weighted by atomic mass is 35.5. The first kappa shape index (κ1) is 17.3. The predicted octanol–water partition coefficient (Wildman–Crippen LogP) is 2.64. The van der Waals surface area contributed by atoms with Crippen LogP contribution < -0.4 is 10.1 Å². The van der Waals surface area contributed by atoms with Gasteiger partial charge in [-0.05, 0) is 51.5 Å². The zero-order valence-corrected chi connectivity index (χ0v) is 13.3. The molecule has 1 rings (SSSR count). The molecule has 5 nitrogen and oxygen atoms in total. The van der Waals surface area contributed by atoms with E-state index in [9.17, 15) is 9.59 Å². The number of carbonyl (C=O) groups is 2. The van der Waals surface area contributed by atoms with Crippen LogP contribution in [0.2, 0.25) is 5.02 Å². The fourth-order valence-corrected chi connectivity index (χ4v) is 1.90. The van der Waals surface area contributed by atoms with Gasteiger partial charge in [0.1, 0.15) is 5.75 Å². The number of rotatable bonds is 6. The Morgan fingerprint density at radius 2 is 1.90 bits per heavy atom. The lowest BCUT2D eigenvalue weighted by atomic mass is 10.0. The second-order valence-corrected chi connectivity index (χ2v) is 5.53. The number of carboxylic acid groups (broad SMARTS) is 1. The van der Waals surface area contributed by atoms with Crippen molar-refractivity contribution in [2.24, 2.45) is 5.92 Å². The minimum atomic E-state index is -0.954. The molecule has 0 aliphatic rings. The minimum absolute atomic E-state index is 0.357. The lowest BCUT2D eigenvalue weighted by Gasteiger charge is -2.21. The molecule has 0 saturated carbocycles. The second-order valence-electron chi connectivity index (χ2n) is 5.09. The van der Waals surface area contributed by atoms with E-state index in [0.29, 0.717) is 10.8 Å². The van der Waals surface area contributed by atoms with E-state index in [4.69, 9.17) is 21.4 Å². The molecule has 1 aromatic carbocycles. The number of nitrogens with one attached hydrogen (secondary N) is 1. The summed E-state index contributed by atoms with van der Waals surface area (Å²) in [5.41, 5.74) is 0.828. The standard InChI is InChI=1S/C15H20ClNO4/c1-8-7-12(16)5-6-13(8)21-11(4)14(18)17-10(3)9(2)15(19)20/h5-7,9-11H,1-4H3,(H,17,18)(H,19,20). The Labute approximate surface area is 129 Å². The molecule has 0 fully saturated rings. The molecule has 0 aromatic heterocycles. The Morgan fingerprint density at radius 1 is 1.29 bits per heavy atom. The van der Waals surface area contributed by atoms with Crippen LogP contribution in [0.3, 0.4) is 0 Å². The molecule has 2 N–H and O–H groups in total. The first-order valence-electron chi connectivity index (χ1n) is 6.68. The maximum absolute atomic E-state index is 12.0. The van der Waals surface area contributed by atoms with E-state index in [1.165, 1.54) is 0 Å². The molecule has 0 bridgehead atoms. The Balaban J connectivity index is 2.64. The number of halogens is 1. The van der Waals surface area contributed by atoms with Gasteiger partial charge in [-0.3, -0.25) is 9.59 Å². The number of hydrogen-bond acceptors (Lipinski definition) is 3. The maximum Gasteiger partial charge on any atom is 0.308 e. The smallest absolute Gasteiger partial charge is 0.308 e. The zero-order valence-electron chi connectivity index (χ0n) is 12.5. The van der Waals surface area contributed by atoms with Crippen molar-refractivity contribution in [2.45, 2.75) is 39.8 Å². The normalized spacial score (nSPS) is 14.9. The third-order valence-corrected chi connectivity index (χ3v) is 3.55. The van der Waals surface area contributed by atoms with E-state index in [1.807, 2.05) is 6.92 Å². The van der Waals surface area contributed by atoms with Gasteiger partial charge in [0.05, 0.1) is 5.92 Å². The maximum atomic E-state index is 12.0. The number of hydrogen-bond donors (Lipinski definition) is 2. The Kier molecular flexibility index (Phi) is 6.03. The van der Waals surface area contributed by atoms with Gasteiger partial charge in [0, 0.05) is 11.1 Å². The molecule has 21 heavy (non-hydrogen) atoms. The first-order valence-corrected chi connectivity index (χ1v) is 7.06. The van der Waals surface area contributed by atoms with E-state index in [1.54, 1.807) is 39.0 Å². The number of aliphatic carboxylic acids is 1. The molecule has 3 unspecified atom stereocenters. The van der Waals surface area contributed by atoms with Gasteiger partial charge in [-0.25, -0.2) is 0 Å². The molecule has 0 aliphatic carbocycles. The lowest BCUT2D eigenvalue weighted by molar-refractivity contribution is -0.142. The number of ether oxygens (including phenoxy) is 1. The van der Waals surface area contributed by atoms with E-state index in [-0.39, 0.29) is 5.91 Å². The van der Waals surface area contributed by atoms with Crippen molar-refractivity contribution >= 4 is 23.5 Å². The van der Waals surface area contributed by atoms with Crippen molar-refractivity contribution in [3.8, 4) is 5.75 Å². The van der Waals surface area contributed by atoms with Crippen molar-refractivity contribution in [1.29, 1.82) is 0 Å². The van der Waals surface area contributed by atoms with Gasteiger partial charge in [-0.1, -0.05) is 11.6 Å². The van der Waals surface area contributed by atoms with Crippen LogP contribution in [0, 0.1) is 12.8 Å². The molecule has 1 aromatic rings. The van der Waals surface area contributed by atoms with Gasteiger partial charge < -0.3 is 15.2 Å². The van der Waals surface area contributed by atoms with Gasteiger partial charge in [0.15, 0.2) is 6.10 Å². The summed E-state index contributed by atoms with van der Waals surface area (Å²) in [5.74, 6) is -1.41. The molecule has 0 saturated heterocycles. The van der Waals surface area contributed by atoms with Gasteiger partial charge in [0.2, 0.25) is 0 Å². The summed E-state index contributed by atoms with van der Waals surface area (Å²) < 4.78 is 5.58. The summed E-state index contributed by atoms with van der Waals surface area (Å²) in [4.78, 5) is 22.9. The molecular weight excluding hydrogens is 294 g/mol. The fraction of sp³-hybridized carbons (Fsp3) is 0.467. The van der Waals surface area contributed by atoms with Crippen molar-refractivity contribution in [2.75, 3.05) is 0 Å². The fourth-order valence-electron chi connectivity index (χ4n) is 1.67. The Hall–Kier alpha value is -1.75. The highest BCUT2D eigenvalue weighted by Gasteiger charge is 2.24. The zero-order chi connectivity index (χ0) is 16.2. The van der Waals surface area contributed by atoms with E-state index in [0.717, 1.165) is 5.56 Å². The van der Waals surface area contributed by atoms with Crippen LogP contribution >= 0.6 is 11.6 Å². The molecule has 0 radical (unpaired) electrons. The average Bonchev–Trinajstić information content (AvgIpc) is 2.40. The quantitative estimate of drug-likeness (QED) is 0.846. The Bertz CT molecular complexity index is 532. The second kappa shape index (κ2) is 7.31. The van der Waals surface area contributed by atoms with Crippen molar-refractivity contribution in [1.82, 2.24) is 5.32 Å². The van der Waals surface area contributed by atoms with E-state index in [2.05, 4.69) is 5.32 Å². The van der Waals surface area contributed by atoms with Crippen molar-refractivity contribution in [3.63, 3.8) is 0 Å². The summed E-state index contributed by atoms with van der Waals surface area (Å²) >= 11 is 5.86. The first-order chi connectivity index (χ1) is 9.72. The van der Waals surface area contributed by atoms with Gasteiger partial charge in [0.25, 0.3) is 5.91 Å². The number of carboxylic acids is 1. The molecule has 0 spiro atoms. The number of amides is 1. The van der Waals surface area contributed by atoms with E-state index >= 15 is 0 Å². The summed E-state index contributed by atoms with van der Waals surface area (Å²) in [6.45, 7) is 6.64. The number of aryl methyl sites for hydroxylation is 1. The van der Waals surface area contributed by atoms with Crippen LogP contribution in [-0.4, -0.2) is 29.1 Å². The molecule has 116 valence electrons. The Morgan fingerprint density at radius 3 is 2.43 bits per heavy atom. The molecular formula is C15H20ClNO4. The molecule has 1 amide bonds. The van der Waals surface area contributed by atoms with Crippen LogP contribution in [0.4, 0.5) is 0 Å². The number of benzene rings is 1. The molecule has 3 atom stereocenters. The monoisotopic (exact) mass is 313 g/mol. The highest BCUT2D eigenvalue weighted by molar-refractivity contribution is 6.30. The van der Waals surface area contributed by atoms with Crippen LogP contribution in [0.5, 0.6) is 5.75 Å². The topological polar surface area (TPSA) is 75.6 Å². The number of carbonyl (C=O) groups excluding carboxylic acids is 1. The lowest BCUT2D eigenvalue weighted by Crippen LogP contribution is -2.45. The molecule has 0 heterocycles. The average molecular weight is 314 g/mol. The van der Waals surface area contributed by atoms with E-state index < -0.39 is 24.0 Å². The summed E-state index contributed by atoms with van der Waals surface area (Å²) in [7, 11) is 0. The third kappa shape index (κ3) is 4.93. The summed E-state index contributed by atoms with van der Waals surface area (Å²) in [6, 6.07) is 4.65. The van der Waals surface area contributed by atoms with Crippen molar-refractivity contribution < 1.29 is 19.4 Å². The minimum Gasteiger partial charge on any atom is -0.481 e. The summed E-state index contributed by atoms with van der Waals surface area (Å²) in [6.07, 6.45) is -0.728. The van der Waals surface area contributed by atoms with Gasteiger partial charge in [-0.15, -0.1) is 0 Å². The van der Waals surface area contributed by atoms with Crippen LogP contribution in [0.25, 0.3) is 0 Å². The predicted molar refractivity (Wildman–Crippen MR) is 80.7 cm³/mol. The van der Waals surface area contributed by atoms with Crippen LogP contribution in [0.1, 0.15) is 26.3 Å². The summed E-state index contributed by atoms with van der Waals surface area (Å²) in [5, 5.41) is 12.1. The van der Waals surface area contributed by atoms with Crippen LogP contribution in [0.15, 0.2) is 18.2 Å². The molecule has 6 heteroatoms. The van der Waals surface area contributed by atoms with Crippen molar-refractivity contribution in [3.05, 3.63) is 28.8 Å². The molecule has 0 aliphatic heterocycles. The van der Waals surface area contributed by atoms with Crippen LogP contribution in [-0.2, 0) is 9.59 Å². The largest absolute Gasteiger partial charge is 0.481 e. The van der Waals surface area contributed by atoms with Gasteiger partial charge in [-0.2, -0.15) is 0 Å². The van der Waals surface area contributed by atoms with Gasteiger partial charge >= 0.3 is 5.97 Å². The highest BCUT2D eigenvalue weighted by Crippen LogP contribution is 2.22. The third-order valence-electron chi connectivity index (χ3n) is 3.32. The SMILES string of the molecule is Cc1cc(Cl)ccc1OC(C)C(=O)NC(C)C(C)C(=O)O.